The van der Waals surface area contributed by atoms with Crippen LogP contribution in [-0.2, 0) is 0 Å². The van der Waals surface area contributed by atoms with E-state index in [-0.39, 0.29) is 0 Å². The molecule has 1 nitrogen and oxygen atoms in total. The highest BCUT2D eigenvalue weighted by Crippen LogP contribution is 2.47. The molecule has 0 saturated heterocycles. The van der Waals surface area contributed by atoms with Crippen LogP contribution < -0.4 is 5.32 Å². The molecule has 0 amide bonds. The first-order chi connectivity index (χ1) is 13.4. The zero-order valence-electron chi connectivity index (χ0n) is 22.1. The predicted molar refractivity (Wildman–Crippen MR) is 132 cm³/mol. The van der Waals surface area contributed by atoms with Gasteiger partial charge < -0.3 is 5.32 Å². The van der Waals surface area contributed by atoms with Crippen molar-refractivity contribution in [2.24, 2.45) is 53.3 Å². The Labute approximate surface area is 185 Å². The molecule has 0 spiro atoms. The molecular weight excluding hydrogens is 350 g/mol. The lowest BCUT2D eigenvalue weighted by Gasteiger charge is -2.46. The van der Waals surface area contributed by atoms with Crippen molar-refractivity contribution in [2.45, 2.75) is 127 Å². The molecule has 1 aliphatic carbocycles. The van der Waals surface area contributed by atoms with Crippen molar-refractivity contribution in [3.05, 3.63) is 0 Å². The number of hydrogen-bond donors (Lipinski definition) is 1. The maximum atomic E-state index is 3.90. The van der Waals surface area contributed by atoms with Gasteiger partial charge in [0.15, 0.2) is 0 Å². The van der Waals surface area contributed by atoms with E-state index in [0.29, 0.717) is 12.1 Å². The minimum atomic E-state index is 0.625. The first-order valence-corrected chi connectivity index (χ1v) is 13.2. The van der Waals surface area contributed by atoms with E-state index in [2.05, 4.69) is 81.5 Å². The molecule has 174 valence electrons. The molecular formula is C28H57N. The smallest absolute Gasteiger partial charge is 0.00438 e. The van der Waals surface area contributed by atoms with Gasteiger partial charge in [-0.05, 0) is 99.2 Å². The van der Waals surface area contributed by atoms with Crippen LogP contribution in [0.25, 0.3) is 0 Å². The van der Waals surface area contributed by atoms with Gasteiger partial charge in [-0.15, -0.1) is 0 Å². The standard InChI is InChI=1S/C28H57N/c1-18(2)25(10)26(11)21(6)16-24(9)29-23(8)14-12-20(5)13-15-27-17-22(7)28(27)19(3)4/h18-29H,12-17H2,1-11H3. The fraction of sp³-hybridized carbons (Fsp3) is 1.00. The Hall–Kier alpha value is -0.0400. The van der Waals surface area contributed by atoms with Crippen LogP contribution in [0.3, 0.4) is 0 Å². The van der Waals surface area contributed by atoms with Crippen molar-refractivity contribution in [1.82, 2.24) is 5.32 Å². The van der Waals surface area contributed by atoms with E-state index in [9.17, 15) is 0 Å². The Kier molecular flexibility index (Phi) is 11.8. The van der Waals surface area contributed by atoms with Gasteiger partial charge in [0.1, 0.15) is 0 Å². The topological polar surface area (TPSA) is 12.0 Å². The van der Waals surface area contributed by atoms with Gasteiger partial charge >= 0.3 is 0 Å². The number of nitrogens with one attached hydrogen (secondary N) is 1. The maximum absolute atomic E-state index is 3.90. The van der Waals surface area contributed by atoms with Crippen molar-refractivity contribution in [1.29, 1.82) is 0 Å². The largest absolute Gasteiger partial charge is 0.312 e. The van der Waals surface area contributed by atoms with Crippen molar-refractivity contribution in [3.8, 4) is 0 Å². The average Bonchev–Trinajstić information content (AvgIpc) is 2.60. The molecule has 0 aliphatic heterocycles. The molecule has 0 aromatic carbocycles. The fourth-order valence-corrected chi connectivity index (χ4v) is 6.28. The van der Waals surface area contributed by atoms with Gasteiger partial charge in [-0.25, -0.2) is 0 Å². The number of rotatable bonds is 14. The molecule has 9 atom stereocenters. The molecule has 1 N–H and O–H groups in total. The summed E-state index contributed by atoms with van der Waals surface area (Å²) in [4.78, 5) is 0. The highest BCUT2D eigenvalue weighted by atomic mass is 14.9. The van der Waals surface area contributed by atoms with Gasteiger partial charge in [-0.1, -0.05) is 68.7 Å². The minimum absolute atomic E-state index is 0.625. The molecule has 1 saturated carbocycles. The Morgan fingerprint density at radius 2 is 1.38 bits per heavy atom. The van der Waals surface area contributed by atoms with Gasteiger partial charge in [0, 0.05) is 12.1 Å². The van der Waals surface area contributed by atoms with Crippen LogP contribution in [0.15, 0.2) is 0 Å². The summed E-state index contributed by atoms with van der Waals surface area (Å²) in [7, 11) is 0. The van der Waals surface area contributed by atoms with Crippen molar-refractivity contribution < 1.29 is 0 Å². The maximum Gasteiger partial charge on any atom is 0.00438 e. The highest BCUT2D eigenvalue weighted by molar-refractivity contribution is 4.88. The molecule has 0 bridgehead atoms. The Morgan fingerprint density at radius 3 is 1.90 bits per heavy atom. The summed E-state index contributed by atoms with van der Waals surface area (Å²) in [6.45, 7) is 26.7. The van der Waals surface area contributed by atoms with E-state index >= 15 is 0 Å². The van der Waals surface area contributed by atoms with E-state index in [1.165, 1.54) is 38.5 Å². The summed E-state index contributed by atoms with van der Waals surface area (Å²) in [5.41, 5.74) is 0. The summed E-state index contributed by atoms with van der Waals surface area (Å²) >= 11 is 0. The quantitative estimate of drug-likeness (QED) is 0.304. The fourth-order valence-electron chi connectivity index (χ4n) is 6.28. The van der Waals surface area contributed by atoms with Crippen LogP contribution in [0, 0.1) is 53.3 Å². The molecule has 9 unspecified atom stereocenters. The van der Waals surface area contributed by atoms with E-state index in [1.54, 1.807) is 0 Å². The summed E-state index contributed by atoms with van der Waals surface area (Å²) < 4.78 is 0. The Bertz CT molecular complexity index is 423. The van der Waals surface area contributed by atoms with Crippen LogP contribution in [0.1, 0.15) is 115 Å². The first-order valence-electron chi connectivity index (χ1n) is 13.2. The van der Waals surface area contributed by atoms with Crippen LogP contribution >= 0.6 is 0 Å². The summed E-state index contributed by atoms with van der Waals surface area (Å²) in [5.74, 6) is 7.92. The zero-order valence-corrected chi connectivity index (χ0v) is 22.1. The van der Waals surface area contributed by atoms with Crippen molar-refractivity contribution >= 4 is 0 Å². The molecule has 1 aliphatic rings. The summed E-state index contributed by atoms with van der Waals surface area (Å²) in [6.07, 6.45) is 8.39. The Morgan fingerprint density at radius 1 is 0.759 bits per heavy atom. The normalized spacial score (nSPS) is 28.7. The van der Waals surface area contributed by atoms with Gasteiger partial charge in [0.05, 0.1) is 0 Å². The van der Waals surface area contributed by atoms with Crippen LogP contribution in [0.5, 0.6) is 0 Å². The SMILES string of the molecule is CC(CCC(C)NC(C)CC(C)C(C)C(C)C(C)C)CCC1CC(C)C1C(C)C. The van der Waals surface area contributed by atoms with E-state index in [4.69, 9.17) is 0 Å². The zero-order chi connectivity index (χ0) is 22.3. The van der Waals surface area contributed by atoms with Gasteiger partial charge in [0.2, 0.25) is 0 Å². The van der Waals surface area contributed by atoms with E-state index in [0.717, 1.165) is 53.3 Å². The van der Waals surface area contributed by atoms with Gasteiger partial charge in [-0.2, -0.15) is 0 Å². The molecule has 1 heteroatoms. The third-order valence-electron chi connectivity index (χ3n) is 8.84. The molecule has 29 heavy (non-hydrogen) atoms. The predicted octanol–water partition coefficient (Wildman–Crippen LogP) is 8.43. The van der Waals surface area contributed by atoms with Crippen LogP contribution in [-0.4, -0.2) is 12.1 Å². The van der Waals surface area contributed by atoms with Gasteiger partial charge in [-0.3, -0.25) is 0 Å². The third-order valence-corrected chi connectivity index (χ3v) is 8.84. The summed E-state index contributed by atoms with van der Waals surface area (Å²) in [5, 5.41) is 3.90. The molecule has 0 aromatic heterocycles. The molecule has 0 radical (unpaired) electrons. The third kappa shape index (κ3) is 8.92. The summed E-state index contributed by atoms with van der Waals surface area (Å²) in [6, 6.07) is 1.27. The average molecular weight is 408 g/mol. The molecule has 0 heterocycles. The van der Waals surface area contributed by atoms with Crippen molar-refractivity contribution in [2.75, 3.05) is 0 Å². The minimum Gasteiger partial charge on any atom is -0.312 e. The monoisotopic (exact) mass is 407 g/mol. The van der Waals surface area contributed by atoms with Gasteiger partial charge in [0.25, 0.3) is 0 Å². The molecule has 1 fully saturated rings. The molecule has 0 aromatic rings. The first kappa shape index (κ1) is 27.0. The second-order valence-corrected chi connectivity index (χ2v) is 12.2. The lowest BCUT2D eigenvalue weighted by atomic mass is 9.59. The van der Waals surface area contributed by atoms with Crippen molar-refractivity contribution in [3.63, 3.8) is 0 Å². The van der Waals surface area contributed by atoms with E-state index in [1.807, 2.05) is 0 Å². The lowest BCUT2D eigenvalue weighted by Crippen LogP contribution is -2.38. The second-order valence-electron chi connectivity index (χ2n) is 12.2. The second kappa shape index (κ2) is 12.7. The molecule has 1 rings (SSSR count). The lowest BCUT2D eigenvalue weighted by molar-refractivity contribution is 0.0327. The van der Waals surface area contributed by atoms with Crippen LogP contribution in [0.2, 0.25) is 0 Å². The van der Waals surface area contributed by atoms with Crippen LogP contribution in [0.4, 0.5) is 0 Å². The highest BCUT2D eigenvalue weighted by Gasteiger charge is 2.39. The number of hydrogen-bond acceptors (Lipinski definition) is 1. The Balaban J connectivity index is 2.24. The van der Waals surface area contributed by atoms with E-state index < -0.39 is 0 Å².